The van der Waals surface area contributed by atoms with E-state index in [0.717, 1.165) is 21.5 Å². The Bertz CT molecular complexity index is 592. The predicted molar refractivity (Wildman–Crippen MR) is 87.4 cm³/mol. The average Bonchev–Trinajstić information content (AvgIpc) is 2.41. The Hall–Kier alpha value is -1.12. The van der Waals surface area contributed by atoms with Gasteiger partial charge < -0.3 is 0 Å². The molecule has 0 aliphatic heterocycles. The van der Waals surface area contributed by atoms with Crippen LogP contribution in [0.15, 0.2) is 53.0 Å². The topological polar surface area (TPSA) is 17.1 Å². The fourth-order valence-corrected chi connectivity index (χ4v) is 2.84. The number of hydrogen-bond acceptors (Lipinski definition) is 1. The highest BCUT2D eigenvalue weighted by Gasteiger charge is 2.14. The minimum Gasteiger partial charge on any atom is -0.294 e. The van der Waals surface area contributed by atoms with Gasteiger partial charge in [0, 0.05) is 21.5 Å². The van der Waals surface area contributed by atoms with Gasteiger partial charge in [-0.15, -0.1) is 0 Å². The number of carbonyl (C=O) groups is 1. The van der Waals surface area contributed by atoms with Crippen LogP contribution in [-0.4, -0.2) is 5.78 Å². The summed E-state index contributed by atoms with van der Waals surface area (Å²) >= 11 is 9.30. The zero-order chi connectivity index (χ0) is 14.5. The molecule has 1 nitrogen and oxygen atoms in total. The first-order chi connectivity index (χ1) is 9.56. The lowest BCUT2D eigenvalue weighted by molar-refractivity contribution is 0.0964. The van der Waals surface area contributed by atoms with Crippen LogP contribution in [0, 0.1) is 5.92 Å². The average molecular weight is 352 g/mol. The summed E-state index contributed by atoms with van der Waals surface area (Å²) in [5.74, 6) is 0.481. The van der Waals surface area contributed by atoms with E-state index in [4.69, 9.17) is 11.6 Å². The minimum absolute atomic E-state index is 0.180. The maximum Gasteiger partial charge on any atom is 0.164 e. The number of Topliss-reactive ketones (excluding diaryl/α,β-unsaturated/α-hetero) is 1. The summed E-state index contributed by atoms with van der Waals surface area (Å²) in [6, 6.07) is 15.4. The molecule has 3 heteroatoms. The normalized spacial score (nSPS) is 12.2. The molecule has 0 amide bonds. The molecule has 20 heavy (non-hydrogen) atoms. The molecule has 1 atom stereocenters. The Kier molecular flexibility index (Phi) is 5.38. The van der Waals surface area contributed by atoms with Crippen LogP contribution in [0.25, 0.3) is 0 Å². The Labute approximate surface area is 133 Å². The van der Waals surface area contributed by atoms with Crippen molar-refractivity contribution in [2.24, 2.45) is 5.92 Å². The highest BCUT2D eigenvalue weighted by molar-refractivity contribution is 9.10. The molecule has 2 rings (SSSR count). The second-order valence-electron chi connectivity index (χ2n) is 5.04. The first-order valence-corrected chi connectivity index (χ1v) is 7.75. The number of benzene rings is 2. The summed E-state index contributed by atoms with van der Waals surface area (Å²) in [7, 11) is 0. The third kappa shape index (κ3) is 4.19. The molecule has 2 aromatic carbocycles. The molecule has 0 saturated heterocycles. The van der Waals surface area contributed by atoms with Gasteiger partial charge >= 0.3 is 0 Å². The zero-order valence-electron chi connectivity index (χ0n) is 11.3. The summed E-state index contributed by atoms with van der Waals surface area (Å²) < 4.78 is 0.865. The molecule has 0 aliphatic rings. The maximum atomic E-state index is 12.3. The van der Waals surface area contributed by atoms with Crippen LogP contribution in [0.2, 0.25) is 5.02 Å². The molecular formula is C17H16BrClO. The molecule has 0 N–H and O–H groups in total. The van der Waals surface area contributed by atoms with E-state index in [-0.39, 0.29) is 5.78 Å². The number of ketones is 1. The summed E-state index contributed by atoms with van der Waals surface area (Å²) in [4.78, 5) is 12.3. The Morgan fingerprint density at radius 3 is 2.45 bits per heavy atom. The van der Waals surface area contributed by atoms with Gasteiger partial charge in [-0.1, -0.05) is 64.8 Å². The molecule has 104 valence electrons. The minimum atomic E-state index is 0.180. The maximum absolute atomic E-state index is 12.3. The molecule has 0 heterocycles. The molecule has 0 radical (unpaired) electrons. The van der Waals surface area contributed by atoms with E-state index in [1.807, 2.05) is 48.5 Å². The van der Waals surface area contributed by atoms with Crippen LogP contribution < -0.4 is 0 Å². The molecule has 1 unspecified atom stereocenters. The fraction of sp³-hybridized carbons (Fsp3) is 0.235. The quantitative estimate of drug-likeness (QED) is 0.645. The van der Waals surface area contributed by atoms with Crippen molar-refractivity contribution >= 4 is 33.3 Å². The molecule has 0 bridgehead atoms. The number of hydrogen-bond donors (Lipinski definition) is 0. The van der Waals surface area contributed by atoms with Crippen molar-refractivity contribution in [1.29, 1.82) is 0 Å². The van der Waals surface area contributed by atoms with E-state index in [2.05, 4.69) is 22.9 Å². The Balaban J connectivity index is 1.98. The van der Waals surface area contributed by atoms with Crippen LogP contribution >= 0.6 is 27.5 Å². The van der Waals surface area contributed by atoms with Gasteiger partial charge in [0.2, 0.25) is 0 Å². The van der Waals surface area contributed by atoms with E-state index in [1.54, 1.807) is 0 Å². The van der Waals surface area contributed by atoms with Crippen molar-refractivity contribution in [1.82, 2.24) is 0 Å². The molecule has 0 aromatic heterocycles. The highest BCUT2D eigenvalue weighted by Crippen LogP contribution is 2.21. The Morgan fingerprint density at radius 2 is 1.80 bits per heavy atom. The standard InChI is InChI=1S/C17H16BrClO/c1-12(10-13-6-8-14(19)9-7-13)11-17(20)15-4-2-3-5-16(15)18/h2-9,12H,10-11H2,1H3. The van der Waals surface area contributed by atoms with Gasteiger partial charge in [0.25, 0.3) is 0 Å². The lowest BCUT2D eigenvalue weighted by Crippen LogP contribution is -2.09. The molecule has 2 aromatic rings. The van der Waals surface area contributed by atoms with Crippen molar-refractivity contribution in [3.63, 3.8) is 0 Å². The lowest BCUT2D eigenvalue weighted by atomic mass is 9.94. The summed E-state index contributed by atoms with van der Waals surface area (Å²) in [5.41, 5.74) is 1.97. The Morgan fingerprint density at radius 1 is 1.15 bits per heavy atom. The SMILES string of the molecule is CC(CC(=O)c1ccccc1Br)Cc1ccc(Cl)cc1. The first-order valence-electron chi connectivity index (χ1n) is 6.58. The van der Waals surface area contributed by atoms with Gasteiger partial charge in [-0.2, -0.15) is 0 Å². The first kappa shape index (κ1) is 15.3. The van der Waals surface area contributed by atoms with Crippen LogP contribution in [0.1, 0.15) is 29.3 Å². The van der Waals surface area contributed by atoms with Crippen LogP contribution in [0.3, 0.4) is 0 Å². The number of carbonyl (C=O) groups excluding carboxylic acids is 1. The van der Waals surface area contributed by atoms with Gasteiger partial charge in [0.15, 0.2) is 5.78 Å². The van der Waals surface area contributed by atoms with Gasteiger partial charge in [-0.25, -0.2) is 0 Å². The van der Waals surface area contributed by atoms with E-state index in [9.17, 15) is 4.79 Å². The van der Waals surface area contributed by atoms with Crippen molar-refractivity contribution < 1.29 is 4.79 Å². The largest absolute Gasteiger partial charge is 0.294 e. The van der Waals surface area contributed by atoms with E-state index in [1.165, 1.54) is 5.56 Å². The third-order valence-corrected chi connectivity index (χ3v) is 4.15. The van der Waals surface area contributed by atoms with E-state index in [0.29, 0.717) is 12.3 Å². The predicted octanol–water partition coefficient (Wildman–Crippen LogP) is 5.55. The monoisotopic (exact) mass is 350 g/mol. The second kappa shape index (κ2) is 7.05. The number of rotatable bonds is 5. The van der Waals surface area contributed by atoms with Gasteiger partial charge in [-0.05, 0) is 36.1 Å². The van der Waals surface area contributed by atoms with Crippen LogP contribution in [0.4, 0.5) is 0 Å². The van der Waals surface area contributed by atoms with Crippen molar-refractivity contribution in [2.75, 3.05) is 0 Å². The lowest BCUT2D eigenvalue weighted by Gasteiger charge is -2.11. The zero-order valence-corrected chi connectivity index (χ0v) is 13.6. The smallest absolute Gasteiger partial charge is 0.164 e. The van der Waals surface area contributed by atoms with E-state index < -0.39 is 0 Å². The van der Waals surface area contributed by atoms with E-state index >= 15 is 0 Å². The highest BCUT2D eigenvalue weighted by atomic mass is 79.9. The van der Waals surface area contributed by atoms with Crippen LogP contribution in [0.5, 0.6) is 0 Å². The molecule has 0 spiro atoms. The van der Waals surface area contributed by atoms with Crippen LogP contribution in [-0.2, 0) is 6.42 Å². The summed E-state index contributed by atoms with van der Waals surface area (Å²) in [6.07, 6.45) is 1.43. The summed E-state index contributed by atoms with van der Waals surface area (Å²) in [5, 5.41) is 0.741. The molecule has 0 saturated carbocycles. The fourth-order valence-electron chi connectivity index (χ4n) is 2.21. The third-order valence-electron chi connectivity index (χ3n) is 3.21. The van der Waals surface area contributed by atoms with Crippen molar-refractivity contribution in [3.05, 3.63) is 69.2 Å². The molecule has 0 aliphatic carbocycles. The van der Waals surface area contributed by atoms with Crippen molar-refractivity contribution in [2.45, 2.75) is 19.8 Å². The summed E-state index contributed by atoms with van der Waals surface area (Å²) in [6.45, 7) is 2.10. The van der Waals surface area contributed by atoms with Crippen molar-refractivity contribution in [3.8, 4) is 0 Å². The van der Waals surface area contributed by atoms with Gasteiger partial charge in [-0.3, -0.25) is 4.79 Å². The van der Waals surface area contributed by atoms with Gasteiger partial charge in [0.05, 0.1) is 0 Å². The molecule has 0 fully saturated rings. The second-order valence-corrected chi connectivity index (χ2v) is 6.33. The number of halogens is 2. The van der Waals surface area contributed by atoms with Gasteiger partial charge in [0.1, 0.15) is 0 Å². The molecular weight excluding hydrogens is 336 g/mol.